The molecular formula is C16H19N3O3. The quantitative estimate of drug-likeness (QED) is 0.886. The van der Waals surface area contributed by atoms with Crippen molar-refractivity contribution < 1.29 is 13.9 Å². The number of aromatic nitrogens is 1. The van der Waals surface area contributed by atoms with Crippen LogP contribution in [0.3, 0.4) is 0 Å². The van der Waals surface area contributed by atoms with E-state index in [9.17, 15) is 4.79 Å². The summed E-state index contributed by atoms with van der Waals surface area (Å²) in [6, 6.07) is 3.37. The van der Waals surface area contributed by atoms with Gasteiger partial charge < -0.3 is 20.2 Å². The molecule has 0 radical (unpaired) electrons. The molecule has 0 saturated carbocycles. The van der Waals surface area contributed by atoms with Crippen molar-refractivity contribution >= 4 is 11.6 Å². The zero-order valence-corrected chi connectivity index (χ0v) is 12.5. The van der Waals surface area contributed by atoms with Crippen LogP contribution in [0.25, 0.3) is 11.5 Å². The Balaban J connectivity index is 2.01. The van der Waals surface area contributed by atoms with Gasteiger partial charge in [-0.25, -0.2) is 4.98 Å². The van der Waals surface area contributed by atoms with E-state index >= 15 is 0 Å². The second-order valence-corrected chi connectivity index (χ2v) is 5.36. The number of primary amides is 1. The van der Waals surface area contributed by atoms with Crippen molar-refractivity contribution in [3.8, 4) is 17.2 Å². The van der Waals surface area contributed by atoms with Gasteiger partial charge in [-0.3, -0.25) is 4.79 Å². The van der Waals surface area contributed by atoms with Crippen molar-refractivity contribution in [2.45, 2.75) is 32.3 Å². The molecule has 0 saturated heterocycles. The molecule has 1 aromatic carbocycles. The van der Waals surface area contributed by atoms with Crippen LogP contribution in [0.15, 0.2) is 29.0 Å². The van der Waals surface area contributed by atoms with Crippen molar-refractivity contribution in [3.63, 3.8) is 0 Å². The summed E-state index contributed by atoms with van der Waals surface area (Å²) in [4.78, 5) is 15.7. The Morgan fingerprint density at radius 3 is 3.05 bits per heavy atom. The Morgan fingerprint density at radius 1 is 1.50 bits per heavy atom. The molecule has 1 atom stereocenters. The number of rotatable bonds is 5. The molecular weight excluding hydrogens is 282 g/mol. The third-order valence-electron chi connectivity index (χ3n) is 3.72. The highest BCUT2D eigenvalue weighted by Crippen LogP contribution is 2.40. The van der Waals surface area contributed by atoms with Gasteiger partial charge in [0.1, 0.15) is 12.4 Å². The fraction of sp³-hybridized carbons (Fsp3) is 0.375. The molecule has 3 rings (SSSR count). The Labute approximate surface area is 128 Å². The number of benzene rings is 1. The predicted octanol–water partition coefficient (Wildman–Crippen LogP) is 2.80. The van der Waals surface area contributed by atoms with Crippen LogP contribution in [0.1, 0.15) is 36.5 Å². The first-order valence-electron chi connectivity index (χ1n) is 7.47. The number of nitrogens with zero attached hydrogens (tertiary/aromatic N) is 1. The van der Waals surface area contributed by atoms with Gasteiger partial charge in [-0.15, -0.1) is 0 Å². The number of hydrogen-bond donors (Lipinski definition) is 2. The molecule has 2 aromatic rings. The molecule has 1 aliphatic rings. The highest BCUT2D eigenvalue weighted by atomic mass is 16.5. The van der Waals surface area contributed by atoms with Crippen molar-refractivity contribution in [3.05, 3.63) is 30.2 Å². The largest absolute Gasteiger partial charge is 0.486 e. The van der Waals surface area contributed by atoms with Crippen molar-refractivity contribution in [1.29, 1.82) is 0 Å². The average molecular weight is 301 g/mol. The Morgan fingerprint density at radius 2 is 2.36 bits per heavy atom. The van der Waals surface area contributed by atoms with Crippen molar-refractivity contribution in [1.82, 2.24) is 4.98 Å². The maximum atomic E-state index is 11.5. The summed E-state index contributed by atoms with van der Waals surface area (Å²) in [6.07, 6.45) is 6.36. The Hall–Kier alpha value is -2.50. The van der Waals surface area contributed by atoms with Gasteiger partial charge in [-0.2, -0.15) is 0 Å². The molecule has 116 valence electrons. The molecule has 0 spiro atoms. The summed E-state index contributed by atoms with van der Waals surface area (Å²) in [5.74, 6) is 0.586. The lowest BCUT2D eigenvalue weighted by Gasteiger charge is -2.29. The Kier molecular flexibility index (Phi) is 4.00. The monoisotopic (exact) mass is 301 g/mol. The first-order chi connectivity index (χ1) is 10.7. The van der Waals surface area contributed by atoms with Gasteiger partial charge in [0.25, 0.3) is 0 Å². The summed E-state index contributed by atoms with van der Waals surface area (Å²) >= 11 is 0. The van der Waals surface area contributed by atoms with Crippen LogP contribution >= 0.6 is 0 Å². The van der Waals surface area contributed by atoms with E-state index in [-0.39, 0.29) is 6.10 Å². The van der Waals surface area contributed by atoms with Crippen LogP contribution < -0.4 is 15.8 Å². The molecule has 0 fully saturated rings. The van der Waals surface area contributed by atoms with E-state index in [2.05, 4.69) is 17.2 Å². The topological polar surface area (TPSA) is 90.4 Å². The summed E-state index contributed by atoms with van der Waals surface area (Å²) in [6.45, 7) is 2.86. The second-order valence-electron chi connectivity index (χ2n) is 5.36. The standard InChI is InChI=1S/C16H19N3O3/c1-2-3-4-11-9-19-13-8-10(15(17)20)7-12(14(13)22-11)16-18-5-6-21-16/h5-8,11,19H,2-4,9H2,1H3,(H2,17,20). The minimum Gasteiger partial charge on any atom is -0.486 e. The molecule has 1 amide bonds. The minimum atomic E-state index is -0.495. The van der Waals surface area contributed by atoms with Crippen LogP contribution in [0.5, 0.6) is 5.75 Å². The number of nitrogens with one attached hydrogen (secondary N) is 1. The van der Waals surface area contributed by atoms with E-state index in [1.807, 2.05) is 0 Å². The third-order valence-corrected chi connectivity index (χ3v) is 3.72. The molecule has 6 nitrogen and oxygen atoms in total. The predicted molar refractivity (Wildman–Crippen MR) is 82.9 cm³/mol. The van der Waals surface area contributed by atoms with Crippen LogP contribution in [-0.2, 0) is 0 Å². The number of carbonyl (C=O) groups is 1. The lowest BCUT2D eigenvalue weighted by atomic mass is 10.0. The van der Waals surface area contributed by atoms with Gasteiger partial charge in [-0.1, -0.05) is 13.3 Å². The summed E-state index contributed by atoms with van der Waals surface area (Å²) in [7, 11) is 0. The van der Waals surface area contributed by atoms with Crippen LogP contribution in [0.4, 0.5) is 5.69 Å². The van der Waals surface area contributed by atoms with Gasteiger partial charge >= 0.3 is 0 Å². The van der Waals surface area contributed by atoms with Gasteiger partial charge in [0, 0.05) is 5.56 Å². The summed E-state index contributed by atoms with van der Waals surface area (Å²) < 4.78 is 11.5. The second kappa shape index (κ2) is 6.09. The highest BCUT2D eigenvalue weighted by Gasteiger charge is 2.25. The average Bonchev–Trinajstić information content (AvgIpc) is 3.05. The van der Waals surface area contributed by atoms with E-state index in [1.54, 1.807) is 18.3 Å². The Bertz CT molecular complexity index is 668. The molecule has 0 bridgehead atoms. The van der Waals surface area contributed by atoms with E-state index in [1.165, 1.54) is 6.26 Å². The lowest BCUT2D eigenvalue weighted by Crippen LogP contribution is -2.31. The van der Waals surface area contributed by atoms with E-state index in [4.69, 9.17) is 14.9 Å². The fourth-order valence-corrected chi connectivity index (χ4v) is 2.57. The van der Waals surface area contributed by atoms with Crippen LogP contribution in [0, 0.1) is 0 Å². The van der Waals surface area contributed by atoms with Gasteiger partial charge in [0.2, 0.25) is 11.8 Å². The first kappa shape index (κ1) is 14.4. The highest BCUT2D eigenvalue weighted by molar-refractivity contribution is 5.96. The summed E-state index contributed by atoms with van der Waals surface area (Å²) in [5, 5.41) is 3.32. The maximum Gasteiger partial charge on any atom is 0.248 e. The molecule has 6 heteroatoms. The number of unbranched alkanes of at least 4 members (excludes halogenated alkanes) is 1. The lowest BCUT2D eigenvalue weighted by molar-refractivity contribution is 0.1000. The number of fused-ring (bicyclic) bond motifs is 1. The molecule has 22 heavy (non-hydrogen) atoms. The smallest absolute Gasteiger partial charge is 0.248 e. The number of anilines is 1. The SMILES string of the molecule is CCCCC1CNc2cc(C(N)=O)cc(-c3ncco3)c2O1. The normalized spacial score (nSPS) is 16.5. The van der Waals surface area contributed by atoms with E-state index < -0.39 is 5.91 Å². The number of carbonyl (C=O) groups excluding carboxylic acids is 1. The zero-order valence-electron chi connectivity index (χ0n) is 12.5. The van der Waals surface area contributed by atoms with Crippen LogP contribution in [-0.4, -0.2) is 23.5 Å². The molecule has 1 aliphatic heterocycles. The fourth-order valence-electron chi connectivity index (χ4n) is 2.57. The van der Waals surface area contributed by atoms with Crippen LogP contribution in [0.2, 0.25) is 0 Å². The number of oxazole rings is 1. The third kappa shape index (κ3) is 2.77. The molecule has 1 aromatic heterocycles. The first-order valence-corrected chi connectivity index (χ1v) is 7.47. The zero-order chi connectivity index (χ0) is 15.5. The van der Waals surface area contributed by atoms with Gasteiger partial charge in [-0.05, 0) is 25.0 Å². The number of amides is 1. The molecule has 1 unspecified atom stereocenters. The molecule has 3 N–H and O–H groups in total. The summed E-state index contributed by atoms with van der Waals surface area (Å²) in [5.41, 5.74) is 7.19. The van der Waals surface area contributed by atoms with E-state index in [0.29, 0.717) is 29.3 Å². The number of nitrogens with two attached hydrogens (primary N) is 1. The van der Waals surface area contributed by atoms with E-state index in [0.717, 1.165) is 24.9 Å². The molecule has 0 aliphatic carbocycles. The minimum absolute atomic E-state index is 0.0978. The maximum absolute atomic E-state index is 11.5. The number of hydrogen-bond acceptors (Lipinski definition) is 5. The van der Waals surface area contributed by atoms with Gasteiger partial charge in [0.05, 0.1) is 24.0 Å². The van der Waals surface area contributed by atoms with Crippen molar-refractivity contribution in [2.75, 3.05) is 11.9 Å². The number of ether oxygens (including phenoxy) is 1. The molecule has 2 heterocycles. The van der Waals surface area contributed by atoms with Gasteiger partial charge in [0.15, 0.2) is 5.75 Å². The van der Waals surface area contributed by atoms with Crippen molar-refractivity contribution in [2.24, 2.45) is 5.73 Å².